The van der Waals surface area contributed by atoms with Gasteiger partial charge in [0.25, 0.3) is 0 Å². The molecule has 1 saturated heterocycles. The summed E-state index contributed by atoms with van der Waals surface area (Å²) in [6.45, 7) is 6.85. The van der Waals surface area contributed by atoms with Gasteiger partial charge in [-0.05, 0) is 37.9 Å². The first-order valence-corrected chi connectivity index (χ1v) is 7.78. The molecule has 0 radical (unpaired) electrons. The normalized spacial score (nSPS) is 23.4. The fraction of sp³-hybridized carbons (Fsp3) is 0.529. The Morgan fingerprint density at radius 2 is 2.15 bits per heavy atom. The number of piperazine rings is 1. The zero-order valence-corrected chi connectivity index (χ0v) is 12.4. The van der Waals surface area contributed by atoms with Crippen molar-refractivity contribution in [1.29, 1.82) is 0 Å². The van der Waals surface area contributed by atoms with Crippen molar-refractivity contribution >= 4 is 10.9 Å². The van der Waals surface area contributed by atoms with Crippen molar-refractivity contribution in [3.05, 3.63) is 35.0 Å². The molecule has 0 saturated carbocycles. The molecule has 3 heterocycles. The van der Waals surface area contributed by atoms with Crippen LogP contribution in [0, 0.1) is 6.92 Å². The van der Waals surface area contributed by atoms with Crippen LogP contribution < -0.4 is 5.32 Å². The molecule has 1 unspecified atom stereocenters. The Bertz CT molecular complexity index is 656. The third-order valence-corrected chi connectivity index (χ3v) is 5.03. The van der Waals surface area contributed by atoms with Gasteiger partial charge >= 0.3 is 0 Å². The molecular formula is C17H23N3. The lowest BCUT2D eigenvalue weighted by Gasteiger charge is -2.31. The maximum absolute atomic E-state index is 3.72. The summed E-state index contributed by atoms with van der Waals surface area (Å²) in [5.41, 5.74) is 6.05. The van der Waals surface area contributed by atoms with Crippen LogP contribution in [0.1, 0.15) is 29.3 Å². The number of nitrogens with one attached hydrogen (secondary N) is 1. The van der Waals surface area contributed by atoms with Crippen LogP contribution >= 0.6 is 0 Å². The Morgan fingerprint density at radius 3 is 3.00 bits per heavy atom. The number of nitrogens with zero attached hydrogens (tertiary/aromatic N) is 2. The van der Waals surface area contributed by atoms with Gasteiger partial charge in [0.2, 0.25) is 0 Å². The van der Waals surface area contributed by atoms with Gasteiger partial charge in [-0.3, -0.25) is 0 Å². The topological polar surface area (TPSA) is 20.2 Å². The van der Waals surface area contributed by atoms with Crippen molar-refractivity contribution in [1.82, 2.24) is 14.8 Å². The molecule has 106 valence electrons. The van der Waals surface area contributed by atoms with Gasteiger partial charge in [-0.15, -0.1) is 0 Å². The van der Waals surface area contributed by atoms with E-state index in [-0.39, 0.29) is 0 Å². The summed E-state index contributed by atoms with van der Waals surface area (Å²) in [5, 5.41) is 5.20. The molecule has 2 aliphatic heterocycles. The van der Waals surface area contributed by atoms with Gasteiger partial charge in [0.05, 0.1) is 5.52 Å². The predicted molar refractivity (Wildman–Crippen MR) is 83.2 cm³/mol. The molecule has 1 N–H and O–H groups in total. The van der Waals surface area contributed by atoms with E-state index in [9.17, 15) is 0 Å². The minimum atomic E-state index is 0.478. The highest BCUT2D eigenvalue weighted by molar-refractivity contribution is 5.89. The SMILES string of the molecule is Cc1c(C2CN(C)CCN2)c2cccc3c2n1CCC3. The fourth-order valence-electron chi connectivity index (χ4n) is 4.07. The van der Waals surface area contributed by atoms with Crippen LogP contribution in [0.25, 0.3) is 10.9 Å². The number of rotatable bonds is 1. The fourth-order valence-corrected chi connectivity index (χ4v) is 4.07. The first-order chi connectivity index (χ1) is 9.75. The molecule has 4 rings (SSSR count). The van der Waals surface area contributed by atoms with E-state index >= 15 is 0 Å². The van der Waals surface area contributed by atoms with Crippen LogP contribution in [0.15, 0.2) is 18.2 Å². The van der Waals surface area contributed by atoms with E-state index < -0.39 is 0 Å². The molecule has 2 aromatic rings. The van der Waals surface area contributed by atoms with E-state index in [2.05, 4.69) is 47.0 Å². The van der Waals surface area contributed by atoms with Gasteiger partial charge in [0.1, 0.15) is 0 Å². The van der Waals surface area contributed by atoms with E-state index in [1.54, 1.807) is 0 Å². The summed E-state index contributed by atoms with van der Waals surface area (Å²) < 4.78 is 2.56. The van der Waals surface area contributed by atoms with Crippen molar-refractivity contribution in [2.75, 3.05) is 26.7 Å². The molecular weight excluding hydrogens is 246 g/mol. The molecule has 1 aromatic carbocycles. The van der Waals surface area contributed by atoms with E-state index in [0.717, 1.165) is 19.6 Å². The Labute approximate surface area is 120 Å². The lowest BCUT2D eigenvalue weighted by atomic mass is 9.98. The summed E-state index contributed by atoms with van der Waals surface area (Å²) in [4.78, 5) is 2.44. The lowest BCUT2D eigenvalue weighted by molar-refractivity contribution is 0.241. The Hall–Kier alpha value is -1.32. The van der Waals surface area contributed by atoms with Crippen LogP contribution in [0.5, 0.6) is 0 Å². The quantitative estimate of drug-likeness (QED) is 0.858. The molecule has 0 amide bonds. The Morgan fingerprint density at radius 1 is 1.25 bits per heavy atom. The van der Waals surface area contributed by atoms with Crippen molar-refractivity contribution in [3.63, 3.8) is 0 Å². The van der Waals surface area contributed by atoms with E-state index in [0.29, 0.717) is 6.04 Å². The number of hydrogen-bond donors (Lipinski definition) is 1. The maximum Gasteiger partial charge on any atom is 0.0518 e. The molecule has 3 heteroatoms. The average molecular weight is 269 g/mol. The summed E-state index contributed by atoms with van der Waals surface area (Å²) in [5.74, 6) is 0. The van der Waals surface area contributed by atoms with Gasteiger partial charge in [-0.2, -0.15) is 0 Å². The van der Waals surface area contributed by atoms with E-state index in [4.69, 9.17) is 0 Å². The summed E-state index contributed by atoms with van der Waals surface area (Å²) >= 11 is 0. The number of aromatic nitrogens is 1. The monoisotopic (exact) mass is 269 g/mol. The molecule has 0 spiro atoms. The highest BCUT2D eigenvalue weighted by Gasteiger charge is 2.26. The third kappa shape index (κ3) is 1.73. The number of para-hydroxylation sites is 1. The van der Waals surface area contributed by atoms with Crippen LogP contribution in [-0.2, 0) is 13.0 Å². The number of likely N-dealkylation sites (N-methyl/N-ethyl adjacent to an activating group) is 1. The summed E-state index contributed by atoms with van der Waals surface area (Å²) in [6, 6.07) is 7.34. The zero-order valence-electron chi connectivity index (χ0n) is 12.4. The van der Waals surface area contributed by atoms with Gasteiger partial charge in [0.15, 0.2) is 0 Å². The van der Waals surface area contributed by atoms with Gasteiger partial charge in [0, 0.05) is 43.3 Å². The molecule has 0 aliphatic carbocycles. The number of hydrogen-bond acceptors (Lipinski definition) is 2. The van der Waals surface area contributed by atoms with E-state index in [1.807, 2.05) is 0 Å². The second-order valence-electron chi connectivity index (χ2n) is 6.34. The van der Waals surface area contributed by atoms with Crippen molar-refractivity contribution in [2.45, 2.75) is 32.4 Å². The van der Waals surface area contributed by atoms with Crippen LogP contribution in [0.4, 0.5) is 0 Å². The van der Waals surface area contributed by atoms with Crippen LogP contribution in [0.2, 0.25) is 0 Å². The molecule has 3 nitrogen and oxygen atoms in total. The lowest BCUT2D eigenvalue weighted by Crippen LogP contribution is -2.43. The smallest absolute Gasteiger partial charge is 0.0518 e. The maximum atomic E-state index is 3.72. The molecule has 0 bridgehead atoms. The predicted octanol–water partition coefficient (Wildman–Crippen LogP) is 2.47. The van der Waals surface area contributed by atoms with Crippen molar-refractivity contribution in [2.24, 2.45) is 0 Å². The third-order valence-electron chi connectivity index (χ3n) is 5.03. The second-order valence-corrected chi connectivity index (χ2v) is 6.34. The van der Waals surface area contributed by atoms with E-state index in [1.165, 1.54) is 47.1 Å². The van der Waals surface area contributed by atoms with Gasteiger partial charge in [-0.1, -0.05) is 18.2 Å². The minimum Gasteiger partial charge on any atom is -0.344 e. The Balaban J connectivity index is 1.92. The van der Waals surface area contributed by atoms with Crippen molar-refractivity contribution < 1.29 is 0 Å². The molecule has 1 aromatic heterocycles. The second kappa shape index (κ2) is 4.61. The first kappa shape index (κ1) is 12.4. The summed E-state index contributed by atoms with van der Waals surface area (Å²) in [6.07, 6.45) is 2.51. The summed E-state index contributed by atoms with van der Waals surface area (Å²) in [7, 11) is 2.23. The molecule has 1 atom stereocenters. The Kier molecular flexibility index (Phi) is 2.86. The number of benzene rings is 1. The highest BCUT2D eigenvalue weighted by Crippen LogP contribution is 2.36. The highest BCUT2D eigenvalue weighted by atomic mass is 15.2. The van der Waals surface area contributed by atoms with Crippen molar-refractivity contribution in [3.8, 4) is 0 Å². The minimum absolute atomic E-state index is 0.478. The zero-order chi connectivity index (χ0) is 13.7. The first-order valence-electron chi connectivity index (χ1n) is 7.78. The molecule has 1 fully saturated rings. The molecule has 20 heavy (non-hydrogen) atoms. The van der Waals surface area contributed by atoms with Crippen LogP contribution in [-0.4, -0.2) is 36.1 Å². The van der Waals surface area contributed by atoms with Crippen LogP contribution in [0.3, 0.4) is 0 Å². The van der Waals surface area contributed by atoms with Gasteiger partial charge in [-0.25, -0.2) is 0 Å². The number of aryl methyl sites for hydroxylation is 2. The molecule has 2 aliphatic rings. The largest absolute Gasteiger partial charge is 0.344 e. The average Bonchev–Trinajstić information content (AvgIpc) is 2.75. The standard InChI is InChI=1S/C17H23N3/c1-12-16(15-11-19(2)10-8-18-15)14-7-3-5-13-6-4-9-20(12)17(13)14/h3,5,7,15,18H,4,6,8-11H2,1-2H3. The van der Waals surface area contributed by atoms with Gasteiger partial charge < -0.3 is 14.8 Å².